The zero-order valence-electron chi connectivity index (χ0n) is 11.9. The summed E-state index contributed by atoms with van der Waals surface area (Å²) in [6.07, 6.45) is 0. The number of para-hydroxylation sites is 2. The second kappa shape index (κ2) is 4.88. The number of urea groups is 1. The fourth-order valence-corrected chi connectivity index (χ4v) is 2.88. The summed E-state index contributed by atoms with van der Waals surface area (Å²) in [5.41, 5.74) is 0.957. The average Bonchev–Trinajstić information content (AvgIpc) is 2.54. The zero-order valence-corrected chi connectivity index (χ0v) is 11.9. The standard InChI is InChI=1S/C17H12N2O4/c20-11-7-3-1-5-9(11)14-13-15(19-17(22)18-14)10-6-2-4-8-12(10)23-16(13)21/h1-8,14,20H,(H2,18,19,22). The van der Waals surface area contributed by atoms with Crippen LogP contribution in [0.15, 0.2) is 57.7 Å². The van der Waals surface area contributed by atoms with Gasteiger partial charge in [-0.1, -0.05) is 30.3 Å². The summed E-state index contributed by atoms with van der Waals surface area (Å²) in [5.74, 6) is -0.00166. The van der Waals surface area contributed by atoms with E-state index in [-0.39, 0.29) is 11.3 Å². The number of amides is 2. The fourth-order valence-electron chi connectivity index (χ4n) is 2.88. The largest absolute Gasteiger partial charge is 0.508 e. The first-order valence-electron chi connectivity index (χ1n) is 7.06. The lowest BCUT2D eigenvalue weighted by Crippen LogP contribution is -2.41. The molecule has 2 aromatic carbocycles. The molecule has 0 aliphatic carbocycles. The maximum atomic E-state index is 12.4. The van der Waals surface area contributed by atoms with Gasteiger partial charge in [-0.05, 0) is 18.2 Å². The number of hydrogen-bond acceptors (Lipinski definition) is 4. The monoisotopic (exact) mass is 308 g/mol. The first-order chi connectivity index (χ1) is 11.1. The molecule has 6 heteroatoms. The van der Waals surface area contributed by atoms with Gasteiger partial charge in [0.25, 0.3) is 0 Å². The van der Waals surface area contributed by atoms with E-state index in [9.17, 15) is 14.7 Å². The minimum atomic E-state index is -0.777. The predicted octanol–water partition coefficient (Wildman–Crippen LogP) is 2.72. The number of nitrogens with one attached hydrogen (secondary N) is 2. The Morgan fingerprint density at radius 3 is 2.57 bits per heavy atom. The van der Waals surface area contributed by atoms with Crippen molar-refractivity contribution in [3.8, 4) is 5.75 Å². The number of carbonyl (C=O) groups is 1. The highest BCUT2D eigenvalue weighted by Crippen LogP contribution is 2.37. The van der Waals surface area contributed by atoms with Crippen LogP contribution in [-0.2, 0) is 0 Å². The molecule has 0 spiro atoms. The molecule has 1 aliphatic heterocycles. The van der Waals surface area contributed by atoms with E-state index < -0.39 is 17.7 Å². The first-order valence-corrected chi connectivity index (χ1v) is 7.06. The molecular weight excluding hydrogens is 296 g/mol. The van der Waals surface area contributed by atoms with E-state index in [0.29, 0.717) is 22.2 Å². The van der Waals surface area contributed by atoms with Crippen LogP contribution < -0.4 is 16.3 Å². The van der Waals surface area contributed by atoms with Crippen LogP contribution in [0.3, 0.4) is 0 Å². The highest BCUT2D eigenvalue weighted by atomic mass is 16.4. The number of rotatable bonds is 1. The van der Waals surface area contributed by atoms with Crippen molar-refractivity contribution in [1.82, 2.24) is 5.32 Å². The lowest BCUT2D eigenvalue weighted by Gasteiger charge is -2.27. The molecule has 0 radical (unpaired) electrons. The number of phenolic OH excluding ortho intramolecular Hbond substituents is 1. The quantitative estimate of drug-likeness (QED) is 0.603. The van der Waals surface area contributed by atoms with Gasteiger partial charge >= 0.3 is 11.7 Å². The summed E-state index contributed by atoms with van der Waals surface area (Å²) in [4.78, 5) is 24.5. The van der Waals surface area contributed by atoms with Crippen molar-refractivity contribution >= 4 is 22.7 Å². The van der Waals surface area contributed by atoms with Crippen molar-refractivity contribution in [1.29, 1.82) is 0 Å². The first kappa shape index (κ1) is 13.4. The highest BCUT2D eigenvalue weighted by Gasteiger charge is 2.32. The van der Waals surface area contributed by atoms with E-state index in [1.807, 2.05) is 0 Å². The molecule has 1 aliphatic rings. The molecule has 1 unspecified atom stereocenters. The number of carbonyl (C=O) groups excluding carboxylic acids is 1. The van der Waals surface area contributed by atoms with E-state index in [1.165, 1.54) is 6.07 Å². The number of fused-ring (bicyclic) bond motifs is 3. The number of aromatic hydroxyl groups is 1. The Bertz CT molecular complexity index is 993. The van der Waals surface area contributed by atoms with Crippen molar-refractivity contribution in [2.75, 3.05) is 5.32 Å². The molecule has 1 atom stereocenters. The molecule has 0 saturated heterocycles. The molecule has 0 fully saturated rings. The summed E-state index contributed by atoms with van der Waals surface area (Å²) in [6.45, 7) is 0. The second-order valence-corrected chi connectivity index (χ2v) is 5.26. The summed E-state index contributed by atoms with van der Waals surface area (Å²) in [6, 6.07) is 12.3. The van der Waals surface area contributed by atoms with Crippen LogP contribution in [0.5, 0.6) is 5.75 Å². The minimum Gasteiger partial charge on any atom is -0.508 e. The summed E-state index contributed by atoms with van der Waals surface area (Å²) >= 11 is 0. The van der Waals surface area contributed by atoms with E-state index >= 15 is 0 Å². The molecule has 4 rings (SSSR count). The van der Waals surface area contributed by atoms with E-state index in [1.54, 1.807) is 42.5 Å². The topological polar surface area (TPSA) is 91.6 Å². The van der Waals surface area contributed by atoms with Gasteiger partial charge in [-0.15, -0.1) is 0 Å². The summed E-state index contributed by atoms with van der Waals surface area (Å²) < 4.78 is 5.36. The zero-order chi connectivity index (χ0) is 16.0. The Hall–Kier alpha value is -3.28. The molecule has 23 heavy (non-hydrogen) atoms. The van der Waals surface area contributed by atoms with Gasteiger partial charge in [0.15, 0.2) is 0 Å². The fraction of sp³-hybridized carbons (Fsp3) is 0.0588. The molecule has 3 N–H and O–H groups in total. The number of phenols is 1. The Labute approximate surface area is 130 Å². The van der Waals surface area contributed by atoms with Crippen LogP contribution in [0.1, 0.15) is 17.2 Å². The van der Waals surface area contributed by atoms with Crippen molar-refractivity contribution in [2.24, 2.45) is 0 Å². The third-order valence-corrected chi connectivity index (χ3v) is 3.90. The number of anilines is 1. The van der Waals surface area contributed by atoms with Crippen LogP contribution in [0.2, 0.25) is 0 Å². The van der Waals surface area contributed by atoms with Gasteiger partial charge in [0, 0.05) is 10.9 Å². The van der Waals surface area contributed by atoms with Crippen LogP contribution in [-0.4, -0.2) is 11.1 Å². The van der Waals surface area contributed by atoms with Crippen LogP contribution in [0, 0.1) is 0 Å². The molecule has 0 bridgehead atoms. The van der Waals surface area contributed by atoms with Crippen molar-refractivity contribution < 1.29 is 14.3 Å². The SMILES string of the molecule is O=C1Nc2c(c(=O)oc3ccccc23)C(c2ccccc2O)N1. The second-order valence-electron chi connectivity index (χ2n) is 5.26. The van der Waals surface area contributed by atoms with Crippen molar-refractivity contribution in [2.45, 2.75) is 6.04 Å². The normalized spacial score (nSPS) is 16.5. The molecule has 114 valence electrons. The lowest BCUT2D eigenvalue weighted by molar-refractivity contribution is 0.248. The van der Waals surface area contributed by atoms with E-state index in [4.69, 9.17) is 4.42 Å². The van der Waals surface area contributed by atoms with Gasteiger partial charge in [-0.25, -0.2) is 9.59 Å². The van der Waals surface area contributed by atoms with Gasteiger partial charge in [0.2, 0.25) is 0 Å². The minimum absolute atomic E-state index is 0.00166. The maximum Gasteiger partial charge on any atom is 0.344 e. The van der Waals surface area contributed by atoms with Gasteiger partial charge in [0.05, 0.1) is 17.3 Å². The third-order valence-electron chi connectivity index (χ3n) is 3.90. The van der Waals surface area contributed by atoms with Crippen molar-refractivity contribution in [3.05, 3.63) is 70.1 Å². The summed E-state index contributed by atoms with van der Waals surface area (Å²) in [7, 11) is 0. The summed E-state index contributed by atoms with van der Waals surface area (Å²) in [5, 5.41) is 16.0. The van der Waals surface area contributed by atoms with Gasteiger partial charge in [-0.2, -0.15) is 0 Å². The van der Waals surface area contributed by atoms with Crippen LogP contribution in [0.25, 0.3) is 11.0 Å². The van der Waals surface area contributed by atoms with Gasteiger partial charge < -0.3 is 20.2 Å². The Morgan fingerprint density at radius 2 is 1.74 bits per heavy atom. The molecule has 6 nitrogen and oxygen atoms in total. The van der Waals surface area contributed by atoms with Crippen LogP contribution in [0.4, 0.5) is 10.5 Å². The molecule has 3 aromatic rings. The van der Waals surface area contributed by atoms with E-state index in [0.717, 1.165) is 0 Å². The smallest absolute Gasteiger partial charge is 0.344 e. The Balaban J connectivity index is 2.05. The molecule has 2 heterocycles. The lowest BCUT2D eigenvalue weighted by atomic mass is 9.95. The third kappa shape index (κ3) is 2.03. The Kier molecular flexibility index (Phi) is 2.84. The average molecular weight is 308 g/mol. The number of benzene rings is 2. The Morgan fingerprint density at radius 1 is 1.00 bits per heavy atom. The molecular formula is C17H12N2O4. The molecule has 0 saturated carbocycles. The van der Waals surface area contributed by atoms with E-state index in [2.05, 4.69) is 10.6 Å². The molecule has 2 amide bonds. The number of hydrogen-bond donors (Lipinski definition) is 3. The van der Waals surface area contributed by atoms with Gasteiger partial charge in [-0.3, -0.25) is 0 Å². The van der Waals surface area contributed by atoms with Gasteiger partial charge in [0.1, 0.15) is 11.3 Å². The van der Waals surface area contributed by atoms with Crippen molar-refractivity contribution in [3.63, 3.8) is 0 Å². The maximum absolute atomic E-state index is 12.4. The highest BCUT2D eigenvalue weighted by molar-refractivity contribution is 6.03. The predicted molar refractivity (Wildman–Crippen MR) is 84.6 cm³/mol. The van der Waals surface area contributed by atoms with Crippen LogP contribution >= 0.6 is 0 Å². The molecule has 1 aromatic heterocycles.